The van der Waals surface area contributed by atoms with Gasteiger partial charge in [0.15, 0.2) is 0 Å². The van der Waals surface area contributed by atoms with Gasteiger partial charge in [0.1, 0.15) is 6.10 Å². The third-order valence-electron chi connectivity index (χ3n) is 5.01. The highest BCUT2D eigenvalue weighted by molar-refractivity contribution is 6.05. The van der Waals surface area contributed by atoms with Gasteiger partial charge in [-0.2, -0.15) is 0 Å². The van der Waals surface area contributed by atoms with Crippen molar-refractivity contribution in [2.75, 3.05) is 13.7 Å². The van der Waals surface area contributed by atoms with Crippen molar-refractivity contribution < 1.29 is 14.3 Å². The van der Waals surface area contributed by atoms with Gasteiger partial charge in [0.25, 0.3) is 0 Å². The van der Waals surface area contributed by atoms with Crippen molar-refractivity contribution in [2.45, 2.75) is 12.5 Å². The Morgan fingerprint density at radius 2 is 1.86 bits per heavy atom. The van der Waals surface area contributed by atoms with Gasteiger partial charge < -0.3 is 4.74 Å². The highest BCUT2D eigenvalue weighted by atomic mass is 16.5. The first-order valence-corrected chi connectivity index (χ1v) is 7.36. The van der Waals surface area contributed by atoms with Crippen LogP contribution in [0.3, 0.4) is 0 Å². The normalized spacial score (nSPS) is 34.7. The molecule has 1 aliphatic carbocycles. The van der Waals surface area contributed by atoms with Gasteiger partial charge in [-0.15, -0.1) is 0 Å². The zero-order chi connectivity index (χ0) is 14.6. The summed E-state index contributed by atoms with van der Waals surface area (Å²) in [6, 6.07) is 10.1. The molecule has 0 radical (unpaired) electrons. The van der Waals surface area contributed by atoms with E-state index in [1.54, 1.807) is 7.05 Å². The van der Waals surface area contributed by atoms with E-state index in [1.165, 1.54) is 10.5 Å². The molecular weight excluding hydrogens is 266 g/mol. The van der Waals surface area contributed by atoms with Gasteiger partial charge in [-0.25, -0.2) is 0 Å². The van der Waals surface area contributed by atoms with Crippen LogP contribution in [0.1, 0.15) is 18.1 Å². The van der Waals surface area contributed by atoms with Crippen LogP contribution in [0.25, 0.3) is 0 Å². The second-order valence-electron chi connectivity index (χ2n) is 6.04. The molecule has 1 aromatic rings. The van der Waals surface area contributed by atoms with Gasteiger partial charge in [-0.05, 0) is 17.6 Å². The van der Waals surface area contributed by atoms with Crippen LogP contribution in [0, 0.1) is 17.8 Å². The zero-order valence-electron chi connectivity index (χ0n) is 11.9. The Hall–Kier alpha value is -1.94. The van der Waals surface area contributed by atoms with Crippen molar-refractivity contribution in [2.24, 2.45) is 17.8 Å². The van der Waals surface area contributed by atoms with E-state index in [2.05, 4.69) is 6.08 Å². The minimum absolute atomic E-state index is 0.0385. The molecule has 2 fully saturated rings. The van der Waals surface area contributed by atoms with Crippen LogP contribution in [-0.2, 0) is 14.3 Å². The zero-order valence-corrected chi connectivity index (χ0v) is 11.9. The van der Waals surface area contributed by atoms with Gasteiger partial charge >= 0.3 is 0 Å². The Balaban J connectivity index is 1.70. The standard InChI is InChI=1S/C17H17NO3/c1-18-16(19)12-8-7-11-13(14(12)17(18)20)9-21-15(11)10-5-3-2-4-6-10/h2-7,12-15H,8-9H2,1H3. The second kappa shape index (κ2) is 4.53. The number of fused-ring (bicyclic) bond motifs is 3. The van der Waals surface area contributed by atoms with Crippen LogP contribution >= 0.6 is 0 Å². The fourth-order valence-electron chi connectivity index (χ4n) is 3.94. The first-order chi connectivity index (χ1) is 10.2. The number of ether oxygens (including phenoxy) is 1. The number of benzene rings is 1. The van der Waals surface area contributed by atoms with Crippen molar-refractivity contribution >= 4 is 11.8 Å². The Morgan fingerprint density at radius 3 is 2.62 bits per heavy atom. The van der Waals surface area contributed by atoms with Gasteiger partial charge in [-0.1, -0.05) is 36.4 Å². The van der Waals surface area contributed by atoms with Gasteiger partial charge in [0.2, 0.25) is 11.8 Å². The third-order valence-corrected chi connectivity index (χ3v) is 5.01. The highest BCUT2D eigenvalue weighted by Crippen LogP contribution is 2.49. The molecule has 2 heterocycles. The van der Waals surface area contributed by atoms with Crippen molar-refractivity contribution in [3.8, 4) is 0 Å². The lowest BCUT2D eigenvalue weighted by atomic mass is 9.72. The Labute approximate surface area is 123 Å². The fourth-order valence-corrected chi connectivity index (χ4v) is 3.94. The summed E-state index contributed by atoms with van der Waals surface area (Å²) < 4.78 is 5.96. The summed E-state index contributed by atoms with van der Waals surface area (Å²) in [6.45, 7) is 0.527. The van der Waals surface area contributed by atoms with Crippen molar-refractivity contribution in [1.82, 2.24) is 4.90 Å². The van der Waals surface area contributed by atoms with Crippen molar-refractivity contribution in [3.63, 3.8) is 0 Å². The smallest absolute Gasteiger partial charge is 0.233 e. The lowest BCUT2D eigenvalue weighted by Gasteiger charge is -2.27. The summed E-state index contributed by atoms with van der Waals surface area (Å²) in [5, 5.41) is 0. The number of nitrogens with zero attached hydrogens (tertiary/aromatic N) is 1. The SMILES string of the molecule is CN1C(=O)C2CC=C3C(c4ccccc4)OCC3C2C1=O. The molecule has 2 amide bonds. The van der Waals surface area contributed by atoms with E-state index in [0.717, 1.165) is 5.56 Å². The first-order valence-electron chi connectivity index (χ1n) is 7.36. The van der Waals surface area contributed by atoms with E-state index in [1.807, 2.05) is 30.3 Å². The predicted molar refractivity (Wildman–Crippen MR) is 76.1 cm³/mol. The topological polar surface area (TPSA) is 46.6 Å². The van der Waals surface area contributed by atoms with E-state index in [-0.39, 0.29) is 35.7 Å². The molecule has 0 saturated carbocycles. The average Bonchev–Trinajstić information content (AvgIpc) is 3.04. The first kappa shape index (κ1) is 12.8. The van der Waals surface area contributed by atoms with E-state index >= 15 is 0 Å². The summed E-state index contributed by atoms with van der Waals surface area (Å²) in [5.74, 6) is -0.442. The maximum atomic E-state index is 12.4. The summed E-state index contributed by atoms with van der Waals surface area (Å²) in [5.41, 5.74) is 2.30. The van der Waals surface area contributed by atoms with Crippen LogP contribution in [-0.4, -0.2) is 30.4 Å². The second-order valence-corrected chi connectivity index (χ2v) is 6.04. The van der Waals surface area contributed by atoms with Crippen LogP contribution in [0.15, 0.2) is 42.0 Å². The van der Waals surface area contributed by atoms with E-state index in [0.29, 0.717) is 13.0 Å². The quantitative estimate of drug-likeness (QED) is 0.584. The van der Waals surface area contributed by atoms with E-state index in [4.69, 9.17) is 4.74 Å². The molecule has 0 spiro atoms. The summed E-state index contributed by atoms with van der Waals surface area (Å²) in [7, 11) is 1.59. The number of hydrogen-bond donors (Lipinski definition) is 0. The van der Waals surface area contributed by atoms with E-state index in [9.17, 15) is 9.59 Å². The predicted octanol–water partition coefficient (Wildman–Crippen LogP) is 1.94. The third kappa shape index (κ3) is 1.72. The van der Waals surface area contributed by atoms with Crippen LogP contribution < -0.4 is 0 Å². The molecule has 4 nitrogen and oxygen atoms in total. The average molecular weight is 283 g/mol. The molecule has 2 saturated heterocycles. The number of likely N-dealkylation sites (tertiary alicyclic amines) is 1. The maximum Gasteiger partial charge on any atom is 0.233 e. The summed E-state index contributed by atoms with van der Waals surface area (Å²) in [6.07, 6.45) is 2.71. The summed E-state index contributed by atoms with van der Waals surface area (Å²) >= 11 is 0. The number of allylic oxidation sites excluding steroid dienone is 1. The molecule has 0 N–H and O–H groups in total. The lowest BCUT2D eigenvalue weighted by molar-refractivity contribution is -0.138. The van der Waals surface area contributed by atoms with Crippen LogP contribution in [0.2, 0.25) is 0 Å². The largest absolute Gasteiger partial charge is 0.368 e. The minimum Gasteiger partial charge on any atom is -0.368 e. The molecule has 4 heteroatoms. The highest BCUT2D eigenvalue weighted by Gasteiger charge is 2.54. The fraction of sp³-hybridized carbons (Fsp3) is 0.412. The molecular formula is C17H17NO3. The lowest BCUT2D eigenvalue weighted by Crippen LogP contribution is -2.31. The Kier molecular flexibility index (Phi) is 2.76. The van der Waals surface area contributed by atoms with E-state index < -0.39 is 0 Å². The number of imide groups is 1. The number of carbonyl (C=O) groups is 2. The number of carbonyl (C=O) groups excluding carboxylic acids is 2. The van der Waals surface area contributed by atoms with Gasteiger partial charge in [-0.3, -0.25) is 14.5 Å². The molecule has 4 unspecified atom stereocenters. The number of hydrogen-bond acceptors (Lipinski definition) is 3. The molecule has 0 bridgehead atoms. The number of rotatable bonds is 1. The van der Waals surface area contributed by atoms with Crippen molar-refractivity contribution in [1.29, 1.82) is 0 Å². The monoisotopic (exact) mass is 283 g/mol. The Morgan fingerprint density at radius 1 is 1.10 bits per heavy atom. The molecule has 2 aliphatic heterocycles. The molecule has 3 aliphatic rings. The minimum atomic E-state index is -0.226. The Bertz CT molecular complexity index is 637. The van der Waals surface area contributed by atoms with Crippen LogP contribution in [0.4, 0.5) is 0 Å². The van der Waals surface area contributed by atoms with Gasteiger partial charge in [0.05, 0.1) is 18.4 Å². The molecule has 108 valence electrons. The molecule has 4 atom stereocenters. The van der Waals surface area contributed by atoms with Crippen LogP contribution in [0.5, 0.6) is 0 Å². The van der Waals surface area contributed by atoms with Crippen molar-refractivity contribution in [3.05, 3.63) is 47.5 Å². The number of amides is 2. The maximum absolute atomic E-state index is 12.4. The molecule has 21 heavy (non-hydrogen) atoms. The van der Waals surface area contributed by atoms with Gasteiger partial charge in [0, 0.05) is 13.0 Å². The summed E-state index contributed by atoms with van der Waals surface area (Å²) in [4.78, 5) is 25.8. The molecule has 0 aromatic heterocycles. The molecule has 4 rings (SSSR count). The molecule has 1 aromatic carbocycles.